The Morgan fingerprint density at radius 2 is 2.11 bits per heavy atom. The van der Waals surface area contributed by atoms with E-state index in [1.165, 1.54) is 6.07 Å². The van der Waals surface area contributed by atoms with E-state index in [9.17, 15) is 10.1 Å². The molecule has 0 aliphatic carbocycles. The maximum Gasteiger partial charge on any atom is 0.285 e. The second-order valence-electron chi connectivity index (χ2n) is 3.77. The number of aryl methyl sites for hydroxylation is 1. The average Bonchev–Trinajstić information content (AvgIpc) is 2.38. The fourth-order valence-electron chi connectivity index (χ4n) is 1.47. The van der Waals surface area contributed by atoms with Crippen LogP contribution in [0.15, 0.2) is 42.7 Å². The number of pyridine rings is 1. The SMILES string of the molecule is Cc1ccc(C#Cc2cccnc2)c([N+](=O)[O-])c1. The van der Waals surface area contributed by atoms with Crippen molar-refractivity contribution in [1.29, 1.82) is 0 Å². The van der Waals surface area contributed by atoms with Gasteiger partial charge in [0.2, 0.25) is 0 Å². The summed E-state index contributed by atoms with van der Waals surface area (Å²) < 4.78 is 0. The van der Waals surface area contributed by atoms with Crippen LogP contribution in [-0.4, -0.2) is 9.91 Å². The summed E-state index contributed by atoms with van der Waals surface area (Å²) in [5, 5.41) is 10.9. The minimum Gasteiger partial charge on any atom is -0.263 e. The number of benzene rings is 1. The van der Waals surface area contributed by atoms with Crippen molar-refractivity contribution in [3.63, 3.8) is 0 Å². The molecule has 4 heteroatoms. The summed E-state index contributed by atoms with van der Waals surface area (Å²) in [6, 6.07) is 8.57. The molecule has 4 nitrogen and oxygen atoms in total. The minimum atomic E-state index is -0.416. The molecule has 1 aromatic carbocycles. The molecule has 0 saturated heterocycles. The molecule has 0 fully saturated rings. The number of hydrogen-bond donors (Lipinski definition) is 0. The van der Waals surface area contributed by atoms with Gasteiger partial charge in [0.05, 0.1) is 4.92 Å². The molecule has 0 aliphatic rings. The third-order valence-electron chi connectivity index (χ3n) is 2.35. The maximum atomic E-state index is 10.9. The highest BCUT2D eigenvalue weighted by molar-refractivity contribution is 5.54. The second kappa shape index (κ2) is 5.11. The van der Waals surface area contributed by atoms with Crippen molar-refractivity contribution in [3.05, 3.63) is 69.5 Å². The fourth-order valence-corrected chi connectivity index (χ4v) is 1.47. The summed E-state index contributed by atoms with van der Waals surface area (Å²) in [6.07, 6.45) is 3.27. The first kappa shape index (κ1) is 11.8. The number of nitro benzene ring substituents is 1. The van der Waals surface area contributed by atoms with Crippen LogP contribution >= 0.6 is 0 Å². The van der Waals surface area contributed by atoms with Gasteiger partial charge >= 0.3 is 0 Å². The van der Waals surface area contributed by atoms with Crippen LogP contribution in [0.5, 0.6) is 0 Å². The van der Waals surface area contributed by atoms with Gasteiger partial charge in [0, 0.05) is 24.0 Å². The first-order valence-electron chi connectivity index (χ1n) is 5.34. The van der Waals surface area contributed by atoms with Crippen molar-refractivity contribution in [1.82, 2.24) is 4.98 Å². The van der Waals surface area contributed by atoms with Crippen molar-refractivity contribution < 1.29 is 4.92 Å². The average molecular weight is 238 g/mol. The second-order valence-corrected chi connectivity index (χ2v) is 3.77. The Balaban J connectivity index is 2.41. The normalized spacial score (nSPS) is 9.39. The molecule has 2 aromatic rings. The van der Waals surface area contributed by atoms with Crippen LogP contribution in [0.1, 0.15) is 16.7 Å². The van der Waals surface area contributed by atoms with E-state index in [0.29, 0.717) is 5.56 Å². The quantitative estimate of drug-likeness (QED) is 0.436. The maximum absolute atomic E-state index is 10.9. The number of nitro groups is 1. The van der Waals surface area contributed by atoms with E-state index in [1.807, 2.05) is 6.92 Å². The Morgan fingerprint density at radius 3 is 2.78 bits per heavy atom. The van der Waals surface area contributed by atoms with Gasteiger partial charge in [0.15, 0.2) is 0 Å². The van der Waals surface area contributed by atoms with E-state index in [2.05, 4.69) is 16.8 Å². The molecule has 0 N–H and O–H groups in total. The molecule has 88 valence electrons. The molecule has 1 heterocycles. The van der Waals surface area contributed by atoms with Gasteiger partial charge in [-0.3, -0.25) is 15.1 Å². The third kappa shape index (κ3) is 2.71. The van der Waals surface area contributed by atoms with Crippen molar-refractivity contribution in [2.75, 3.05) is 0 Å². The van der Waals surface area contributed by atoms with Crippen molar-refractivity contribution in [2.24, 2.45) is 0 Å². The molecule has 0 bridgehead atoms. The summed E-state index contributed by atoms with van der Waals surface area (Å²) in [6.45, 7) is 1.81. The summed E-state index contributed by atoms with van der Waals surface area (Å²) in [7, 11) is 0. The monoisotopic (exact) mass is 238 g/mol. The fraction of sp³-hybridized carbons (Fsp3) is 0.0714. The van der Waals surface area contributed by atoms with Crippen molar-refractivity contribution in [2.45, 2.75) is 6.92 Å². The van der Waals surface area contributed by atoms with E-state index in [-0.39, 0.29) is 5.69 Å². The molecule has 0 unspecified atom stereocenters. The Morgan fingerprint density at radius 1 is 1.28 bits per heavy atom. The van der Waals surface area contributed by atoms with Crippen LogP contribution in [0.25, 0.3) is 0 Å². The molecule has 0 saturated carbocycles. The van der Waals surface area contributed by atoms with Crippen LogP contribution in [0.4, 0.5) is 5.69 Å². The van der Waals surface area contributed by atoms with Crippen LogP contribution in [0.3, 0.4) is 0 Å². The Labute approximate surface area is 104 Å². The molecule has 0 spiro atoms. The van der Waals surface area contributed by atoms with Crippen LogP contribution in [0.2, 0.25) is 0 Å². The van der Waals surface area contributed by atoms with Gasteiger partial charge in [-0.2, -0.15) is 0 Å². The predicted octanol–water partition coefficient (Wildman–Crippen LogP) is 2.70. The molecule has 18 heavy (non-hydrogen) atoms. The van der Waals surface area contributed by atoms with Crippen molar-refractivity contribution >= 4 is 5.69 Å². The van der Waals surface area contributed by atoms with Crippen molar-refractivity contribution in [3.8, 4) is 11.8 Å². The van der Waals surface area contributed by atoms with E-state index in [1.54, 1.807) is 36.7 Å². The molecule has 0 aliphatic heterocycles. The Hall–Kier alpha value is -2.67. The van der Waals surface area contributed by atoms with Gasteiger partial charge < -0.3 is 0 Å². The number of rotatable bonds is 1. The Kier molecular flexibility index (Phi) is 3.35. The lowest BCUT2D eigenvalue weighted by molar-refractivity contribution is -0.385. The zero-order valence-corrected chi connectivity index (χ0v) is 9.75. The Bertz CT molecular complexity index is 640. The molecule has 0 radical (unpaired) electrons. The lowest BCUT2D eigenvalue weighted by Gasteiger charge is -1.96. The van der Waals surface area contributed by atoms with Crippen LogP contribution in [0, 0.1) is 28.9 Å². The van der Waals surface area contributed by atoms with Gasteiger partial charge in [-0.1, -0.05) is 17.9 Å². The summed E-state index contributed by atoms with van der Waals surface area (Å²) in [4.78, 5) is 14.4. The number of nitrogens with zero attached hydrogens (tertiary/aromatic N) is 2. The zero-order chi connectivity index (χ0) is 13.0. The number of hydrogen-bond acceptors (Lipinski definition) is 3. The zero-order valence-electron chi connectivity index (χ0n) is 9.75. The third-order valence-corrected chi connectivity index (χ3v) is 2.35. The van der Waals surface area contributed by atoms with Gasteiger partial charge in [0.25, 0.3) is 5.69 Å². The lowest BCUT2D eigenvalue weighted by atomic mass is 10.1. The smallest absolute Gasteiger partial charge is 0.263 e. The number of aromatic nitrogens is 1. The van der Waals surface area contributed by atoms with E-state index >= 15 is 0 Å². The van der Waals surface area contributed by atoms with E-state index < -0.39 is 4.92 Å². The van der Waals surface area contributed by atoms with E-state index in [4.69, 9.17) is 0 Å². The van der Waals surface area contributed by atoms with Gasteiger partial charge in [-0.15, -0.1) is 0 Å². The molecule has 2 rings (SSSR count). The van der Waals surface area contributed by atoms with Crippen LogP contribution < -0.4 is 0 Å². The largest absolute Gasteiger partial charge is 0.285 e. The standard InChI is InChI=1S/C14H10N2O2/c1-11-4-6-13(14(9-11)16(17)18)7-5-12-3-2-8-15-10-12/h2-4,6,8-10H,1H3. The predicted molar refractivity (Wildman–Crippen MR) is 68.1 cm³/mol. The highest BCUT2D eigenvalue weighted by Gasteiger charge is 2.11. The first-order chi connectivity index (χ1) is 8.66. The highest BCUT2D eigenvalue weighted by Crippen LogP contribution is 2.18. The molecule has 0 atom stereocenters. The summed E-state index contributed by atoms with van der Waals surface area (Å²) >= 11 is 0. The molecular formula is C14H10N2O2. The van der Waals surface area contributed by atoms with Gasteiger partial charge in [-0.25, -0.2) is 0 Å². The van der Waals surface area contributed by atoms with E-state index in [0.717, 1.165) is 11.1 Å². The first-order valence-corrected chi connectivity index (χ1v) is 5.34. The lowest BCUT2D eigenvalue weighted by Crippen LogP contribution is -1.92. The highest BCUT2D eigenvalue weighted by atomic mass is 16.6. The van der Waals surface area contributed by atoms with Gasteiger partial charge in [0.1, 0.15) is 5.56 Å². The molecule has 0 amide bonds. The van der Waals surface area contributed by atoms with Crippen LogP contribution in [-0.2, 0) is 0 Å². The molecular weight excluding hydrogens is 228 g/mol. The van der Waals surface area contributed by atoms with Gasteiger partial charge in [-0.05, 0) is 30.7 Å². The summed E-state index contributed by atoms with van der Waals surface area (Å²) in [5.74, 6) is 5.67. The molecule has 1 aromatic heterocycles. The summed E-state index contributed by atoms with van der Waals surface area (Å²) in [5.41, 5.74) is 2.02. The topological polar surface area (TPSA) is 56.0 Å². The minimum absolute atomic E-state index is 0.0337.